The summed E-state index contributed by atoms with van der Waals surface area (Å²) in [7, 11) is 0. The molecule has 2 amide bonds. The smallest absolute Gasteiger partial charge is 0.265 e. The van der Waals surface area contributed by atoms with Crippen molar-refractivity contribution in [1.29, 1.82) is 0 Å². The highest BCUT2D eigenvalue weighted by Crippen LogP contribution is 2.32. The molecule has 0 aromatic heterocycles. The summed E-state index contributed by atoms with van der Waals surface area (Å²) in [5.74, 6) is 1.21. The summed E-state index contributed by atoms with van der Waals surface area (Å²) in [6, 6.07) is 5.32. The zero-order valence-corrected chi connectivity index (χ0v) is 12.9. The molecule has 1 atom stereocenters. The first-order chi connectivity index (χ1) is 10.6. The van der Waals surface area contributed by atoms with Gasteiger partial charge in [-0.25, -0.2) is 0 Å². The van der Waals surface area contributed by atoms with E-state index in [1.165, 1.54) is 25.7 Å². The summed E-state index contributed by atoms with van der Waals surface area (Å²) in [5.41, 5.74) is 1.30. The molecule has 1 aromatic rings. The lowest BCUT2D eigenvalue weighted by Crippen LogP contribution is -2.34. The third kappa shape index (κ3) is 3.40. The van der Waals surface area contributed by atoms with E-state index in [0.717, 1.165) is 6.42 Å². The van der Waals surface area contributed by atoms with Crippen LogP contribution in [-0.4, -0.2) is 17.9 Å². The SMILES string of the molecule is C[C@H]1Oc2ccc(NC(=O)CCC3CCCC3)cc2NC1=O. The Labute approximate surface area is 130 Å². The van der Waals surface area contributed by atoms with Gasteiger partial charge in [-0.1, -0.05) is 25.7 Å². The van der Waals surface area contributed by atoms with Gasteiger partial charge in [0.05, 0.1) is 5.69 Å². The van der Waals surface area contributed by atoms with Crippen LogP contribution < -0.4 is 15.4 Å². The van der Waals surface area contributed by atoms with E-state index in [1.54, 1.807) is 25.1 Å². The van der Waals surface area contributed by atoms with Gasteiger partial charge in [0.15, 0.2) is 6.10 Å². The zero-order chi connectivity index (χ0) is 15.5. The van der Waals surface area contributed by atoms with E-state index in [-0.39, 0.29) is 11.8 Å². The number of fused-ring (bicyclic) bond motifs is 1. The molecule has 2 aliphatic rings. The highest BCUT2D eigenvalue weighted by molar-refractivity contribution is 5.99. The Balaban J connectivity index is 1.57. The van der Waals surface area contributed by atoms with Crippen LogP contribution in [0.1, 0.15) is 45.4 Å². The second kappa shape index (κ2) is 6.38. The monoisotopic (exact) mass is 302 g/mol. The van der Waals surface area contributed by atoms with Crippen LogP contribution in [0.25, 0.3) is 0 Å². The minimum absolute atomic E-state index is 0.0308. The van der Waals surface area contributed by atoms with Gasteiger partial charge in [0.1, 0.15) is 5.75 Å². The zero-order valence-electron chi connectivity index (χ0n) is 12.9. The Hall–Kier alpha value is -2.04. The third-order valence-electron chi connectivity index (χ3n) is 4.45. The first-order valence-electron chi connectivity index (χ1n) is 8.03. The van der Waals surface area contributed by atoms with Crippen molar-refractivity contribution >= 4 is 23.2 Å². The molecule has 0 spiro atoms. The fraction of sp³-hybridized carbons (Fsp3) is 0.529. The van der Waals surface area contributed by atoms with Gasteiger partial charge in [-0.3, -0.25) is 9.59 Å². The minimum atomic E-state index is -0.487. The average Bonchev–Trinajstić information content (AvgIpc) is 3.00. The topological polar surface area (TPSA) is 67.4 Å². The summed E-state index contributed by atoms with van der Waals surface area (Å²) in [6.07, 6.45) is 6.15. The van der Waals surface area contributed by atoms with Crippen LogP contribution >= 0.6 is 0 Å². The molecule has 3 rings (SSSR count). The van der Waals surface area contributed by atoms with Gasteiger partial charge < -0.3 is 15.4 Å². The number of hydrogen-bond acceptors (Lipinski definition) is 3. The first-order valence-corrected chi connectivity index (χ1v) is 8.03. The second-order valence-electron chi connectivity index (χ2n) is 6.20. The molecule has 22 heavy (non-hydrogen) atoms. The Kier molecular flexibility index (Phi) is 4.32. The number of carbonyl (C=O) groups is 2. The van der Waals surface area contributed by atoms with E-state index in [9.17, 15) is 9.59 Å². The molecule has 0 unspecified atom stereocenters. The highest BCUT2D eigenvalue weighted by atomic mass is 16.5. The molecular weight excluding hydrogens is 280 g/mol. The lowest BCUT2D eigenvalue weighted by Gasteiger charge is -2.23. The van der Waals surface area contributed by atoms with E-state index >= 15 is 0 Å². The van der Waals surface area contributed by atoms with Crippen LogP contribution in [0.15, 0.2) is 18.2 Å². The van der Waals surface area contributed by atoms with Crippen molar-refractivity contribution in [2.75, 3.05) is 10.6 Å². The average molecular weight is 302 g/mol. The highest BCUT2D eigenvalue weighted by Gasteiger charge is 2.23. The quantitative estimate of drug-likeness (QED) is 0.896. The Morgan fingerprint density at radius 2 is 2.14 bits per heavy atom. The Morgan fingerprint density at radius 1 is 1.36 bits per heavy atom. The number of ether oxygens (including phenoxy) is 1. The van der Waals surface area contributed by atoms with E-state index in [4.69, 9.17) is 4.74 Å². The molecule has 1 aliphatic carbocycles. The van der Waals surface area contributed by atoms with Gasteiger partial charge in [0.2, 0.25) is 5.91 Å². The van der Waals surface area contributed by atoms with E-state index in [2.05, 4.69) is 10.6 Å². The van der Waals surface area contributed by atoms with Gasteiger partial charge in [0.25, 0.3) is 5.91 Å². The molecule has 5 nitrogen and oxygen atoms in total. The molecule has 0 radical (unpaired) electrons. The molecule has 1 aromatic carbocycles. The molecule has 0 bridgehead atoms. The largest absolute Gasteiger partial charge is 0.479 e. The maximum absolute atomic E-state index is 12.0. The predicted octanol–water partition coefficient (Wildman–Crippen LogP) is 3.31. The lowest BCUT2D eigenvalue weighted by atomic mass is 10.0. The molecule has 1 heterocycles. The van der Waals surface area contributed by atoms with Crippen LogP contribution in [0.4, 0.5) is 11.4 Å². The van der Waals surface area contributed by atoms with Gasteiger partial charge in [0, 0.05) is 12.1 Å². The number of rotatable bonds is 4. The summed E-state index contributed by atoms with van der Waals surface area (Å²) < 4.78 is 5.49. The molecule has 2 N–H and O–H groups in total. The van der Waals surface area contributed by atoms with E-state index in [1.807, 2.05) is 0 Å². The van der Waals surface area contributed by atoms with Gasteiger partial charge in [-0.2, -0.15) is 0 Å². The Bertz CT molecular complexity index is 579. The molecule has 1 fully saturated rings. The van der Waals surface area contributed by atoms with Gasteiger partial charge >= 0.3 is 0 Å². The van der Waals surface area contributed by atoms with Crippen LogP contribution in [0.5, 0.6) is 5.75 Å². The normalized spacial score (nSPS) is 21.0. The Morgan fingerprint density at radius 3 is 2.91 bits per heavy atom. The van der Waals surface area contributed by atoms with Crippen LogP contribution in [0.2, 0.25) is 0 Å². The van der Waals surface area contributed by atoms with Gasteiger partial charge in [-0.15, -0.1) is 0 Å². The minimum Gasteiger partial charge on any atom is -0.479 e. The number of carbonyl (C=O) groups excluding carboxylic acids is 2. The third-order valence-corrected chi connectivity index (χ3v) is 4.45. The van der Waals surface area contributed by atoms with Crippen molar-refractivity contribution in [1.82, 2.24) is 0 Å². The predicted molar refractivity (Wildman–Crippen MR) is 85.0 cm³/mol. The summed E-state index contributed by atoms with van der Waals surface area (Å²) in [6.45, 7) is 1.71. The number of anilines is 2. The molecule has 0 saturated heterocycles. The van der Waals surface area contributed by atoms with Crippen LogP contribution in [0, 0.1) is 5.92 Å². The maximum atomic E-state index is 12.0. The second-order valence-corrected chi connectivity index (χ2v) is 6.20. The lowest BCUT2D eigenvalue weighted by molar-refractivity contribution is -0.122. The van der Waals surface area contributed by atoms with E-state index in [0.29, 0.717) is 29.5 Å². The van der Waals surface area contributed by atoms with Crippen LogP contribution in [-0.2, 0) is 9.59 Å². The van der Waals surface area contributed by atoms with Crippen molar-refractivity contribution in [3.05, 3.63) is 18.2 Å². The standard InChI is InChI=1S/C17H22N2O3/c1-11-17(21)19-14-10-13(7-8-15(14)22-11)18-16(20)9-6-12-4-2-3-5-12/h7-8,10-12H,2-6,9H2,1H3,(H,18,20)(H,19,21)/t11-/m1/s1. The van der Waals surface area contributed by atoms with Crippen molar-refractivity contribution in [3.63, 3.8) is 0 Å². The van der Waals surface area contributed by atoms with Crippen molar-refractivity contribution in [3.8, 4) is 5.75 Å². The van der Waals surface area contributed by atoms with Crippen molar-refractivity contribution in [2.45, 2.75) is 51.6 Å². The molecule has 5 heteroatoms. The number of hydrogen-bond donors (Lipinski definition) is 2. The molecule has 118 valence electrons. The molecule has 1 saturated carbocycles. The van der Waals surface area contributed by atoms with Crippen LogP contribution in [0.3, 0.4) is 0 Å². The molecular formula is C17H22N2O3. The number of benzene rings is 1. The summed E-state index contributed by atoms with van der Waals surface area (Å²) in [5, 5.41) is 5.68. The van der Waals surface area contributed by atoms with Crippen molar-refractivity contribution < 1.29 is 14.3 Å². The fourth-order valence-corrected chi connectivity index (χ4v) is 3.14. The fourth-order valence-electron chi connectivity index (χ4n) is 3.14. The summed E-state index contributed by atoms with van der Waals surface area (Å²) in [4.78, 5) is 23.6. The van der Waals surface area contributed by atoms with E-state index < -0.39 is 6.10 Å². The molecule has 1 aliphatic heterocycles. The number of amides is 2. The summed E-state index contributed by atoms with van der Waals surface area (Å²) >= 11 is 0. The van der Waals surface area contributed by atoms with Gasteiger partial charge in [-0.05, 0) is 37.5 Å². The maximum Gasteiger partial charge on any atom is 0.265 e. The first kappa shape index (κ1) is 14.9. The van der Waals surface area contributed by atoms with Crippen molar-refractivity contribution in [2.24, 2.45) is 5.92 Å². The number of nitrogens with one attached hydrogen (secondary N) is 2.